The molecular formula is C22H42N2O3S. The molecule has 0 aromatic heterocycles. The summed E-state index contributed by atoms with van der Waals surface area (Å²) in [6.07, 6.45) is 10.4. The number of esters is 1. The molecule has 0 bridgehead atoms. The van der Waals surface area contributed by atoms with Crippen molar-refractivity contribution in [3.8, 4) is 0 Å². The molecule has 0 radical (unpaired) electrons. The van der Waals surface area contributed by atoms with E-state index in [4.69, 9.17) is 4.74 Å². The molecule has 6 heteroatoms. The third-order valence-electron chi connectivity index (χ3n) is 4.08. The van der Waals surface area contributed by atoms with Crippen molar-refractivity contribution in [3.05, 3.63) is 10.6 Å². The standard InChI is InChI=1S/C22H42N2O3S/c1-7-9-11-12-13-14-16-23-21(26)24-19(28-17-15-10-8-2)18(3)20(25)27-22(4,5)6/h7-17H2,1-6H3,(H2,23,24,26)/b19-18+. The van der Waals surface area contributed by atoms with E-state index in [2.05, 4.69) is 24.5 Å². The predicted molar refractivity (Wildman–Crippen MR) is 120 cm³/mol. The van der Waals surface area contributed by atoms with Crippen LogP contribution in [0.3, 0.4) is 0 Å². The first-order valence-corrected chi connectivity index (χ1v) is 11.8. The molecule has 164 valence electrons. The van der Waals surface area contributed by atoms with Crippen LogP contribution in [-0.4, -0.2) is 29.9 Å². The number of ether oxygens (including phenoxy) is 1. The summed E-state index contributed by atoms with van der Waals surface area (Å²) in [5.74, 6) is 0.475. The minimum absolute atomic E-state index is 0.255. The van der Waals surface area contributed by atoms with Gasteiger partial charge in [-0.2, -0.15) is 0 Å². The van der Waals surface area contributed by atoms with E-state index in [0.29, 0.717) is 17.1 Å². The summed E-state index contributed by atoms with van der Waals surface area (Å²) in [5.41, 5.74) is -0.109. The number of nitrogens with one attached hydrogen (secondary N) is 2. The largest absolute Gasteiger partial charge is 0.457 e. The molecule has 0 aromatic carbocycles. The number of hydrogen-bond donors (Lipinski definition) is 2. The first-order chi connectivity index (χ1) is 13.2. The lowest BCUT2D eigenvalue weighted by Crippen LogP contribution is -2.36. The molecule has 0 saturated heterocycles. The maximum absolute atomic E-state index is 12.4. The van der Waals surface area contributed by atoms with E-state index < -0.39 is 5.60 Å². The van der Waals surface area contributed by atoms with E-state index in [9.17, 15) is 9.59 Å². The van der Waals surface area contributed by atoms with Gasteiger partial charge in [-0.3, -0.25) is 0 Å². The summed E-state index contributed by atoms with van der Waals surface area (Å²) in [7, 11) is 0. The fraction of sp³-hybridized carbons (Fsp3) is 0.818. The Balaban J connectivity index is 4.63. The van der Waals surface area contributed by atoms with Gasteiger partial charge in [0.2, 0.25) is 0 Å². The number of rotatable bonds is 14. The lowest BCUT2D eigenvalue weighted by atomic mass is 10.1. The Hall–Kier alpha value is -1.17. The number of carbonyl (C=O) groups is 2. The van der Waals surface area contributed by atoms with Gasteiger partial charge in [-0.1, -0.05) is 58.8 Å². The van der Waals surface area contributed by atoms with Gasteiger partial charge in [0.15, 0.2) is 0 Å². The zero-order chi connectivity index (χ0) is 21.4. The lowest BCUT2D eigenvalue weighted by Gasteiger charge is -2.21. The Bertz CT molecular complexity index is 485. The van der Waals surface area contributed by atoms with E-state index >= 15 is 0 Å². The van der Waals surface area contributed by atoms with Crippen LogP contribution < -0.4 is 10.6 Å². The smallest absolute Gasteiger partial charge is 0.336 e. The Morgan fingerprint density at radius 2 is 1.46 bits per heavy atom. The van der Waals surface area contributed by atoms with Crippen LogP contribution in [-0.2, 0) is 9.53 Å². The van der Waals surface area contributed by atoms with Crippen LogP contribution in [0.4, 0.5) is 4.79 Å². The highest BCUT2D eigenvalue weighted by atomic mass is 32.2. The first kappa shape index (κ1) is 26.8. The molecule has 28 heavy (non-hydrogen) atoms. The number of urea groups is 1. The second-order valence-corrected chi connectivity index (χ2v) is 9.27. The molecule has 0 aliphatic heterocycles. The maximum atomic E-state index is 12.4. The second kappa shape index (κ2) is 15.7. The van der Waals surface area contributed by atoms with Gasteiger partial charge in [0.1, 0.15) is 5.60 Å². The molecule has 0 rings (SSSR count). The molecule has 2 amide bonds. The predicted octanol–water partition coefficient (Wildman–Crippen LogP) is 6.14. The van der Waals surface area contributed by atoms with Crippen LogP contribution >= 0.6 is 11.8 Å². The number of unbranched alkanes of at least 4 members (excludes halogenated alkanes) is 7. The highest BCUT2D eigenvalue weighted by molar-refractivity contribution is 8.03. The van der Waals surface area contributed by atoms with Gasteiger partial charge < -0.3 is 15.4 Å². The number of thioether (sulfide) groups is 1. The van der Waals surface area contributed by atoms with Gasteiger partial charge in [-0.05, 0) is 46.3 Å². The Kier molecular flexibility index (Phi) is 15.1. The van der Waals surface area contributed by atoms with Crippen molar-refractivity contribution in [1.82, 2.24) is 10.6 Å². The monoisotopic (exact) mass is 414 g/mol. The highest BCUT2D eigenvalue weighted by Crippen LogP contribution is 2.21. The first-order valence-electron chi connectivity index (χ1n) is 10.8. The van der Waals surface area contributed by atoms with E-state index in [-0.39, 0.29) is 12.0 Å². The minimum Gasteiger partial charge on any atom is -0.457 e. The fourth-order valence-electron chi connectivity index (χ4n) is 2.47. The Morgan fingerprint density at radius 3 is 2.07 bits per heavy atom. The van der Waals surface area contributed by atoms with Gasteiger partial charge in [0.25, 0.3) is 0 Å². The van der Waals surface area contributed by atoms with Crippen LogP contribution in [0.25, 0.3) is 0 Å². The summed E-state index contributed by atoms with van der Waals surface area (Å²) in [6.45, 7) is 12.2. The average Bonchev–Trinajstić information content (AvgIpc) is 2.61. The normalized spacial score (nSPS) is 12.4. The van der Waals surface area contributed by atoms with Gasteiger partial charge >= 0.3 is 12.0 Å². The van der Waals surface area contributed by atoms with Crippen LogP contribution in [0.15, 0.2) is 10.6 Å². The molecule has 0 aromatic rings. The van der Waals surface area contributed by atoms with Crippen molar-refractivity contribution in [3.63, 3.8) is 0 Å². The van der Waals surface area contributed by atoms with Crippen molar-refractivity contribution >= 4 is 23.8 Å². The van der Waals surface area contributed by atoms with Crippen LogP contribution in [0.1, 0.15) is 99.3 Å². The van der Waals surface area contributed by atoms with Gasteiger partial charge in [0, 0.05) is 6.54 Å². The van der Waals surface area contributed by atoms with Crippen molar-refractivity contribution in [2.75, 3.05) is 12.3 Å². The third kappa shape index (κ3) is 14.8. The highest BCUT2D eigenvalue weighted by Gasteiger charge is 2.21. The third-order valence-corrected chi connectivity index (χ3v) is 5.27. The minimum atomic E-state index is -0.559. The van der Waals surface area contributed by atoms with Crippen LogP contribution in [0.5, 0.6) is 0 Å². The van der Waals surface area contributed by atoms with Crippen molar-refractivity contribution in [2.45, 2.75) is 105 Å². The van der Waals surface area contributed by atoms with Crippen molar-refractivity contribution < 1.29 is 14.3 Å². The molecule has 0 unspecified atom stereocenters. The van der Waals surface area contributed by atoms with Crippen LogP contribution in [0.2, 0.25) is 0 Å². The van der Waals surface area contributed by atoms with Crippen molar-refractivity contribution in [2.24, 2.45) is 0 Å². The maximum Gasteiger partial charge on any atom is 0.336 e. The van der Waals surface area contributed by atoms with Gasteiger partial charge in [0.05, 0.1) is 10.6 Å². The van der Waals surface area contributed by atoms with E-state index in [0.717, 1.165) is 37.9 Å². The van der Waals surface area contributed by atoms with E-state index in [1.54, 1.807) is 6.92 Å². The molecule has 0 fully saturated rings. The molecule has 2 N–H and O–H groups in total. The zero-order valence-electron chi connectivity index (χ0n) is 18.9. The SMILES string of the molecule is CCCCCCCCNC(=O)N/C(SCCCCC)=C(/C)C(=O)OC(C)(C)C. The molecule has 5 nitrogen and oxygen atoms in total. The molecule has 0 saturated carbocycles. The molecule has 0 atom stereocenters. The summed E-state index contributed by atoms with van der Waals surface area (Å²) in [6, 6.07) is -0.255. The molecule has 0 aliphatic carbocycles. The molecule has 0 aliphatic rings. The van der Waals surface area contributed by atoms with Gasteiger partial charge in [-0.15, -0.1) is 11.8 Å². The number of carbonyl (C=O) groups excluding carboxylic acids is 2. The Labute approximate surface area is 176 Å². The van der Waals surface area contributed by atoms with Crippen molar-refractivity contribution in [1.29, 1.82) is 0 Å². The second-order valence-electron chi connectivity index (χ2n) is 8.16. The summed E-state index contributed by atoms with van der Waals surface area (Å²) in [4.78, 5) is 24.7. The average molecular weight is 415 g/mol. The molecule has 0 spiro atoms. The van der Waals surface area contributed by atoms with Gasteiger partial charge in [-0.25, -0.2) is 9.59 Å². The number of amides is 2. The van der Waals surface area contributed by atoms with E-state index in [1.165, 1.54) is 37.4 Å². The zero-order valence-corrected chi connectivity index (χ0v) is 19.7. The quantitative estimate of drug-likeness (QED) is 0.203. The summed E-state index contributed by atoms with van der Waals surface area (Å²) in [5, 5.41) is 6.35. The topological polar surface area (TPSA) is 67.4 Å². The Morgan fingerprint density at radius 1 is 0.893 bits per heavy atom. The van der Waals surface area contributed by atoms with Crippen LogP contribution in [0, 0.1) is 0 Å². The molecular weight excluding hydrogens is 372 g/mol. The molecule has 0 heterocycles. The number of hydrogen-bond acceptors (Lipinski definition) is 4. The fourth-order valence-corrected chi connectivity index (χ4v) is 3.48. The summed E-state index contributed by atoms with van der Waals surface area (Å²) < 4.78 is 5.45. The van der Waals surface area contributed by atoms with E-state index in [1.807, 2.05) is 20.8 Å². The lowest BCUT2D eigenvalue weighted by molar-refractivity contribution is -0.149. The summed E-state index contributed by atoms with van der Waals surface area (Å²) >= 11 is 1.51.